The van der Waals surface area contributed by atoms with E-state index in [9.17, 15) is 0 Å². The van der Waals surface area contributed by atoms with Gasteiger partial charge < -0.3 is 0 Å². The Bertz CT molecular complexity index is 2060. The van der Waals surface area contributed by atoms with E-state index in [2.05, 4.69) is 83.3 Å². The summed E-state index contributed by atoms with van der Waals surface area (Å²) in [5.41, 5.74) is 16.6. The Morgan fingerprint density at radius 2 is 1.43 bits per heavy atom. The van der Waals surface area contributed by atoms with Gasteiger partial charge in [-0.25, -0.2) is 4.98 Å². The largest absolute Gasteiger partial charge is 0.290 e. The predicted molar refractivity (Wildman–Crippen MR) is 142 cm³/mol. The Balaban J connectivity index is 1.44. The zero-order valence-electron chi connectivity index (χ0n) is 18.9. The molecule has 3 nitrogen and oxygen atoms in total. The van der Waals surface area contributed by atoms with Crippen LogP contribution in [0.1, 0.15) is 22.3 Å². The van der Waals surface area contributed by atoms with Crippen LogP contribution < -0.4 is 0 Å². The smallest absolute Gasteiger partial charge is 0.146 e. The summed E-state index contributed by atoms with van der Waals surface area (Å²) in [5.74, 6) is 0. The van der Waals surface area contributed by atoms with Crippen molar-refractivity contribution in [3.05, 3.63) is 113 Å². The van der Waals surface area contributed by atoms with E-state index in [1.54, 1.807) is 0 Å². The van der Waals surface area contributed by atoms with E-state index < -0.39 is 0 Å². The SMILES string of the molecule is c1ccc2c(c1)Cc1c-2ccc2c1Cc1ccc3c(c1-2)c1ncccc1n1c2ccccc2nc31. The number of rotatable bonds is 0. The van der Waals surface area contributed by atoms with E-state index in [0.29, 0.717) is 0 Å². The third-order valence-corrected chi connectivity index (χ3v) is 8.10. The Labute approximate surface area is 201 Å². The maximum absolute atomic E-state index is 5.10. The van der Waals surface area contributed by atoms with Gasteiger partial charge in [-0.05, 0) is 81.6 Å². The van der Waals surface area contributed by atoms with E-state index in [1.807, 2.05) is 12.3 Å². The maximum atomic E-state index is 5.10. The first-order valence-corrected chi connectivity index (χ1v) is 12.2. The predicted octanol–water partition coefficient (Wildman–Crippen LogP) is 7.33. The lowest BCUT2D eigenvalue weighted by Gasteiger charge is -2.13. The number of benzene rings is 4. The standard InChI is InChI=1S/C32H19N3/c1-2-7-20-18(6-1)16-24-21(20)13-14-22-25(24)17-19-11-12-23-30(29(19)22)31-28(10-5-15-33-31)35-27-9-4-3-8-26(27)34-32(23)35/h1-15H,16-17H2. The van der Waals surface area contributed by atoms with Crippen LogP contribution in [0.25, 0.3) is 60.7 Å². The average molecular weight is 446 g/mol. The van der Waals surface area contributed by atoms with Gasteiger partial charge in [0.2, 0.25) is 0 Å². The number of imidazole rings is 1. The molecule has 0 N–H and O–H groups in total. The van der Waals surface area contributed by atoms with Gasteiger partial charge in [0.05, 0.1) is 22.1 Å². The monoisotopic (exact) mass is 445 g/mol. The molecule has 7 aromatic rings. The van der Waals surface area contributed by atoms with Crippen LogP contribution in [-0.4, -0.2) is 14.4 Å². The topological polar surface area (TPSA) is 30.2 Å². The van der Waals surface area contributed by atoms with E-state index in [0.717, 1.165) is 40.6 Å². The highest BCUT2D eigenvalue weighted by molar-refractivity contribution is 6.19. The van der Waals surface area contributed by atoms with Crippen LogP contribution >= 0.6 is 0 Å². The van der Waals surface area contributed by atoms with Crippen molar-refractivity contribution in [1.29, 1.82) is 0 Å². The molecule has 2 aliphatic rings. The molecule has 2 aliphatic carbocycles. The second kappa shape index (κ2) is 6.13. The average Bonchev–Trinajstić information content (AvgIpc) is 3.59. The van der Waals surface area contributed by atoms with Gasteiger partial charge in [0, 0.05) is 17.0 Å². The molecular weight excluding hydrogens is 426 g/mol. The molecule has 3 heteroatoms. The molecular formula is C32H19N3. The van der Waals surface area contributed by atoms with Crippen molar-refractivity contribution in [2.45, 2.75) is 12.8 Å². The highest BCUT2D eigenvalue weighted by atomic mass is 15.0. The van der Waals surface area contributed by atoms with Crippen molar-refractivity contribution in [3.63, 3.8) is 0 Å². The van der Waals surface area contributed by atoms with Gasteiger partial charge in [0.15, 0.2) is 0 Å². The molecule has 162 valence electrons. The lowest BCUT2D eigenvalue weighted by atomic mass is 9.94. The third-order valence-electron chi connectivity index (χ3n) is 8.10. The molecule has 4 aromatic carbocycles. The molecule has 0 radical (unpaired) electrons. The summed E-state index contributed by atoms with van der Waals surface area (Å²) < 4.78 is 2.28. The van der Waals surface area contributed by atoms with Crippen LogP contribution in [0.2, 0.25) is 0 Å². The molecule has 0 aliphatic heterocycles. The molecule has 0 atom stereocenters. The normalized spacial score (nSPS) is 13.5. The molecule has 0 saturated carbocycles. The number of hydrogen-bond donors (Lipinski definition) is 0. The van der Waals surface area contributed by atoms with Crippen LogP contribution in [0.3, 0.4) is 0 Å². The number of nitrogens with zero attached hydrogens (tertiary/aromatic N) is 3. The van der Waals surface area contributed by atoms with Crippen molar-refractivity contribution in [1.82, 2.24) is 14.4 Å². The summed E-state index contributed by atoms with van der Waals surface area (Å²) in [6.45, 7) is 0. The van der Waals surface area contributed by atoms with Crippen molar-refractivity contribution in [2.24, 2.45) is 0 Å². The van der Waals surface area contributed by atoms with E-state index in [-0.39, 0.29) is 0 Å². The first-order chi connectivity index (χ1) is 17.4. The van der Waals surface area contributed by atoms with E-state index >= 15 is 0 Å². The molecule has 35 heavy (non-hydrogen) atoms. The molecule has 0 spiro atoms. The fourth-order valence-corrected chi connectivity index (χ4v) is 6.65. The lowest BCUT2D eigenvalue weighted by Crippen LogP contribution is -1.95. The highest BCUT2D eigenvalue weighted by Gasteiger charge is 2.30. The number of pyridine rings is 2. The lowest BCUT2D eigenvalue weighted by molar-refractivity contribution is 1.16. The van der Waals surface area contributed by atoms with Crippen LogP contribution in [0.5, 0.6) is 0 Å². The van der Waals surface area contributed by atoms with Crippen LogP contribution in [0.15, 0.2) is 91.1 Å². The minimum absolute atomic E-state index is 0.980. The number of aromatic nitrogens is 3. The Hall–Kier alpha value is -4.50. The Morgan fingerprint density at radius 1 is 0.629 bits per heavy atom. The molecule has 3 aromatic heterocycles. The van der Waals surface area contributed by atoms with Gasteiger partial charge in [-0.15, -0.1) is 0 Å². The van der Waals surface area contributed by atoms with Gasteiger partial charge in [0.25, 0.3) is 0 Å². The van der Waals surface area contributed by atoms with Crippen molar-refractivity contribution >= 4 is 38.5 Å². The zero-order valence-corrected chi connectivity index (χ0v) is 18.9. The van der Waals surface area contributed by atoms with Gasteiger partial charge in [-0.3, -0.25) is 9.38 Å². The van der Waals surface area contributed by atoms with E-state index in [1.165, 1.54) is 55.3 Å². The fourth-order valence-electron chi connectivity index (χ4n) is 6.65. The second-order valence-electron chi connectivity index (χ2n) is 9.78. The minimum atomic E-state index is 0.980. The first kappa shape index (κ1) is 17.9. The molecule has 0 fully saturated rings. The second-order valence-corrected chi connectivity index (χ2v) is 9.78. The van der Waals surface area contributed by atoms with Gasteiger partial charge in [-0.2, -0.15) is 0 Å². The van der Waals surface area contributed by atoms with Gasteiger partial charge in [-0.1, -0.05) is 60.7 Å². The Kier molecular flexibility index (Phi) is 3.14. The summed E-state index contributed by atoms with van der Waals surface area (Å²) in [6.07, 6.45) is 3.92. The summed E-state index contributed by atoms with van der Waals surface area (Å²) in [7, 11) is 0. The summed E-state index contributed by atoms with van der Waals surface area (Å²) in [5, 5.41) is 2.40. The number of para-hydroxylation sites is 2. The molecule has 0 amide bonds. The molecule has 0 saturated heterocycles. The maximum Gasteiger partial charge on any atom is 0.146 e. The van der Waals surface area contributed by atoms with Gasteiger partial charge >= 0.3 is 0 Å². The third kappa shape index (κ3) is 2.12. The number of hydrogen-bond acceptors (Lipinski definition) is 2. The Morgan fingerprint density at radius 3 is 2.43 bits per heavy atom. The van der Waals surface area contributed by atoms with Crippen LogP contribution in [0, 0.1) is 0 Å². The fraction of sp³-hybridized carbons (Fsp3) is 0.0625. The summed E-state index contributed by atoms with van der Waals surface area (Å²) >= 11 is 0. The quantitative estimate of drug-likeness (QED) is 0.229. The van der Waals surface area contributed by atoms with Crippen molar-refractivity contribution < 1.29 is 0 Å². The molecule has 0 unspecified atom stereocenters. The summed E-state index contributed by atoms with van der Waals surface area (Å²) in [4.78, 5) is 10.0. The molecule has 3 heterocycles. The number of fused-ring (bicyclic) bond motifs is 16. The van der Waals surface area contributed by atoms with Crippen molar-refractivity contribution in [3.8, 4) is 22.3 Å². The van der Waals surface area contributed by atoms with Gasteiger partial charge in [0.1, 0.15) is 5.65 Å². The van der Waals surface area contributed by atoms with Crippen LogP contribution in [-0.2, 0) is 12.8 Å². The minimum Gasteiger partial charge on any atom is -0.290 e. The zero-order chi connectivity index (χ0) is 22.7. The molecule has 0 bridgehead atoms. The van der Waals surface area contributed by atoms with Crippen molar-refractivity contribution in [2.75, 3.05) is 0 Å². The summed E-state index contributed by atoms with van der Waals surface area (Å²) in [6, 6.07) is 30.7. The highest BCUT2D eigenvalue weighted by Crippen LogP contribution is 2.49. The van der Waals surface area contributed by atoms with E-state index in [4.69, 9.17) is 9.97 Å². The molecule has 9 rings (SSSR count). The first-order valence-electron chi connectivity index (χ1n) is 12.2. The van der Waals surface area contributed by atoms with Crippen LogP contribution in [0.4, 0.5) is 0 Å².